The lowest BCUT2D eigenvalue weighted by molar-refractivity contribution is 0.115. The van der Waals surface area contributed by atoms with Gasteiger partial charge in [-0.15, -0.1) is 24.8 Å². The maximum absolute atomic E-state index is 9.90. The third kappa shape index (κ3) is 4.53. The summed E-state index contributed by atoms with van der Waals surface area (Å²) < 4.78 is 2.00. The Morgan fingerprint density at radius 1 is 1.35 bits per heavy atom. The molecule has 1 fully saturated rings. The van der Waals surface area contributed by atoms with Crippen LogP contribution in [0, 0.1) is 0 Å². The van der Waals surface area contributed by atoms with Gasteiger partial charge in [-0.1, -0.05) is 35.4 Å². The maximum Gasteiger partial charge on any atom is 0.109 e. The first kappa shape index (κ1) is 20.6. The van der Waals surface area contributed by atoms with Crippen molar-refractivity contribution < 1.29 is 5.11 Å². The highest BCUT2D eigenvalue weighted by Crippen LogP contribution is 2.29. The van der Waals surface area contributed by atoms with E-state index >= 15 is 0 Å². The second kappa shape index (κ2) is 9.11. The molecule has 1 aliphatic heterocycles. The van der Waals surface area contributed by atoms with E-state index in [9.17, 15) is 5.11 Å². The molecule has 0 aliphatic carbocycles. The number of piperidine rings is 1. The predicted molar refractivity (Wildman–Crippen MR) is 100 cm³/mol. The number of hydrogen-bond donors (Lipinski definition) is 2. The Hall–Kier alpha value is -0.490. The van der Waals surface area contributed by atoms with Gasteiger partial charge in [0.05, 0.1) is 34.0 Å². The molecule has 0 radical (unpaired) electrons. The first-order chi connectivity index (χ1) is 10.2. The van der Waals surface area contributed by atoms with Gasteiger partial charge < -0.3 is 15.0 Å². The van der Waals surface area contributed by atoms with Crippen LogP contribution in [-0.2, 0) is 6.54 Å². The van der Waals surface area contributed by atoms with Gasteiger partial charge in [0.1, 0.15) is 5.52 Å². The highest BCUT2D eigenvalue weighted by molar-refractivity contribution is 6.44. The van der Waals surface area contributed by atoms with Crippen molar-refractivity contribution in [3.63, 3.8) is 0 Å². The molecular weight excluding hydrogens is 380 g/mol. The number of nitrogens with one attached hydrogen (secondary N) is 1. The van der Waals surface area contributed by atoms with Crippen molar-refractivity contribution in [3.05, 3.63) is 40.7 Å². The van der Waals surface area contributed by atoms with E-state index < -0.39 is 0 Å². The van der Waals surface area contributed by atoms with E-state index in [-0.39, 0.29) is 37.0 Å². The Morgan fingerprint density at radius 2 is 2.13 bits per heavy atom. The van der Waals surface area contributed by atoms with E-state index in [0.29, 0.717) is 22.1 Å². The number of aromatic nitrogens is 2. The highest BCUT2D eigenvalue weighted by Gasteiger charge is 2.19. The van der Waals surface area contributed by atoms with Crippen molar-refractivity contribution in [2.75, 3.05) is 6.54 Å². The normalized spacial score (nSPS) is 21.2. The summed E-state index contributed by atoms with van der Waals surface area (Å²) in [6, 6.07) is 3.73. The molecule has 1 saturated heterocycles. The van der Waals surface area contributed by atoms with E-state index in [0.717, 1.165) is 24.9 Å². The third-order valence-electron chi connectivity index (χ3n) is 3.80. The molecule has 8 heteroatoms. The van der Waals surface area contributed by atoms with E-state index in [1.165, 1.54) is 0 Å². The quantitative estimate of drug-likeness (QED) is 0.771. The Labute approximate surface area is 157 Å². The molecule has 1 aliphatic rings. The first-order valence-electron chi connectivity index (χ1n) is 7.04. The number of aliphatic hydroxyl groups is 1. The monoisotopic (exact) mass is 397 g/mol. The molecule has 3 rings (SSSR count). The number of halogens is 4. The van der Waals surface area contributed by atoms with Gasteiger partial charge in [-0.3, -0.25) is 0 Å². The molecule has 0 unspecified atom stereocenters. The van der Waals surface area contributed by atoms with Crippen LogP contribution < -0.4 is 5.32 Å². The predicted octanol–water partition coefficient (Wildman–Crippen LogP) is 3.86. The topological polar surface area (TPSA) is 50.1 Å². The molecule has 2 atom stereocenters. The molecule has 2 heterocycles. The van der Waals surface area contributed by atoms with Gasteiger partial charge in [0.25, 0.3) is 0 Å². The molecule has 2 aromatic rings. The van der Waals surface area contributed by atoms with Gasteiger partial charge in [0.15, 0.2) is 0 Å². The summed E-state index contributed by atoms with van der Waals surface area (Å²) in [5, 5.41) is 14.2. The van der Waals surface area contributed by atoms with Crippen LogP contribution in [0.25, 0.3) is 11.0 Å². The van der Waals surface area contributed by atoms with Gasteiger partial charge in [-0.05, 0) is 31.5 Å². The number of nitrogens with zero attached hydrogens (tertiary/aromatic N) is 2. The molecule has 0 bridgehead atoms. The zero-order valence-corrected chi connectivity index (χ0v) is 15.4. The van der Waals surface area contributed by atoms with E-state index in [2.05, 4.69) is 10.3 Å². The number of aliphatic hydroxyl groups excluding tert-OH is 1. The summed E-state index contributed by atoms with van der Waals surface area (Å²) in [5.74, 6) is 0. The number of rotatable bonds is 3. The number of hydrogen-bond acceptors (Lipinski definition) is 3. The second-order valence-electron chi connectivity index (χ2n) is 5.24. The summed E-state index contributed by atoms with van der Waals surface area (Å²) in [7, 11) is 0. The van der Waals surface area contributed by atoms with Gasteiger partial charge in [-0.2, -0.15) is 0 Å². The first-order valence-corrected chi connectivity index (χ1v) is 7.79. The minimum absolute atomic E-state index is 0. The van der Waals surface area contributed by atoms with Crippen molar-refractivity contribution in [1.82, 2.24) is 14.9 Å². The third-order valence-corrected chi connectivity index (χ3v) is 4.59. The second-order valence-corrected chi connectivity index (χ2v) is 6.03. The van der Waals surface area contributed by atoms with Crippen molar-refractivity contribution in [1.29, 1.82) is 0 Å². The summed E-state index contributed by atoms with van der Waals surface area (Å²) in [6.45, 7) is 1.63. The molecular formula is C15H19Cl4N3O. The lowest BCUT2D eigenvalue weighted by Gasteiger charge is -2.26. The summed E-state index contributed by atoms with van der Waals surface area (Å²) in [5.41, 5.74) is 1.67. The minimum atomic E-state index is -0.303. The van der Waals surface area contributed by atoms with Crippen LogP contribution in [0.3, 0.4) is 0 Å². The average molecular weight is 399 g/mol. The maximum atomic E-state index is 9.90. The number of fused-ring (bicyclic) bond motifs is 1. The van der Waals surface area contributed by atoms with E-state index in [4.69, 9.17) is 23.2 Å². The Morgan fingerprint density at radius 3 is 2.87 bits per heavy atom. The standard InChI is InChI=1S/C15H17Cl2N3O.2ClH/c16-10-5-6-12-15(14(10)17)19-9-20(12)8-2-3-11-13(21)4-1-7-18-11;;/h2-3,5-6,9,11,13,18,21H,1,4,7-8H2;2*1H/b3-2+;;/t11-,13+;;/m1../s1. The summed E-state index contributed by atoms with van der Waals surface area (Å²) >= 11 is 12.1. The molecule has 1 aromatic heterocycles. The lowest BCUT2D eigenvalue weighted by Crippen LogP contribution is -2.43. The highest BCUT2D eigenvalue weighted by atomic mass is 35.5. The van der Waals surface area contributed by atoms with E-state index in [1.807, 2.05) is 22.8 Å². The van der Waals surface area contributed by atoms with Crippen LogP contribution in [0.2, 0.25) is 10.0 Å². The molecule has 1 aromatic carbocycles. The van der Waals surface area contributed by atoms with Crippen LogP contribution in [0.4, 0.5) is 0 Å². The minimum Gasteiger partial charge on any atom is -0.391 e. The van der Waals surface area contributed by atoms with Crippen LogP contribution in [0.1, 0.15) is 12.8 Å². The van der Waals surface area contributed by atoms with Gasteiger partial charge in [0, 0.05) is 6.54 Å². The molecule has 128 valence electrons. The van der Waals surface area contributed by atoms with Gasteiger partial charge in [0.2, 0.25) is 0 Å². The Balaban J connectivity index is 0.00000132. The fraction of sp³-hybridized carbons (Fsp3) is 0.400. The molecule has 0 spiro atoms. The largest absolute Gasteiger partial charge is 0.391 e. The SMILES string of the molecule is Cl.Cl.O[C@H]1CCCN[C@@H]1/C=C/Cn1cnc2c(Cl)c(Cl)ccc21. The van der Waals surface area contributed by atoms with Crippen LogP contribution in [0.5, 0.6) is 0 Å². The van der Waals surface area contributed by atoms with Gasteiger partial charge in [-0.25, -0.2) is 4.98 Å². The summed E-state index contributed by atoms with van der Waals surface area (Å²) in [6.07, 6.45) is 7.38. The van der Waals surface area contributed by atoms with Crippen molar-refractivity contribution in [2.45, 2.75) is 31.5 Å². The Kier molecular flexibility index (Phi) is 8.14. The fourth-order valence-corrected chi connectivity index (χ4v) is 2.99. The molecule has 2 N–H and O–H groups in total. The van der Waals surface area contributed by atoms with Crippen molar-refractivity contribution in [2.24, 2.45) is 0 Å². The van der Waals surface area contributed by atoms with Crippen molar-refractivity contribution >= 4 is 59.0 Å². The molecule has 0 amide bonds. The Bertz CT molecular complexity index is 674. The molecule has 0 saturated carbocycles. The van der Waals surface area contributed by atoms with Crippen LogP contribution in [0.15, 0.2) is 30.6 Å². The lowest BCUT2D eigenvalue weighted by atomic mass is 10.0. The van der Waals surface area contributed by atoms with E-state index in [1.54, 1.807) is 12.4 Å². The van der Waals surface area contributed by atoms with Crippen LogP contribution in [-0.4, -0.2) is 33.3 Å². The fourth-order valence-electron chi connectivity index (χ4n) is 2.63. The van der Waals surface area contributed by atoms with Crippen molar-refractivity contribution in [3.8, 4) is 0 Å². The zero-order chi connectivity index (χ0) is 14.8. The zero-order valence-electron chi connectivity index (χ0n) is 12.3. The number of allylic oxidation sites excluding steroid dienone is 1. The van der Waals surface area contributed by atoms with Crippen LogP contribution >= 0.6 is 48.0 Å². The number of imidazole rings is 1. The smallest absolute Gasteiger partial charge is 0.109 e. The molecule has 4 nitrogen and oxygen atoms in total. The van der Waals surface area contributed by atoms with Gasteiger partial charge >= 0.3 is 0 Å². The number of benzene rings is 1. The summed E-state index contributed by atoms with van der Waals surface area (Å²) in [4.78, 5) is 4.31. The average Bonchev–Trinajstić information content (AvgIpc) is 2.89. The molecule has 23 heavy (non-hydrogen) atoms.